The Morgan fingerprint density at radius 2 is 1.86 bits per heavy atom. The molecule has 0 unspecified atom stereocenters. The molecule has 1 aromatic heterocycles. The second-order valence-electron chi connectivity index (χ2n) is 5.11. The van der Waals surface area contributed by atoms with Crippen LogP contribution in [0, 0.1) is 5.82 Å². The van der Waals surface area contributed by atoms with Gasteiger partial charge in [-0.2, -0.15) is 0 Å². The minimum atomic E-state index is -0.202. The monoisotopic (exact) mass is 283 g/mol. The van der Waals surface area contributed by atoms with Crippen LogP contribution < -0.4 is 4.74 Å². The Balaban J connectivity index is 1.91. The summed E-state index contributed by atoms with van der Waals surface area (Å²) in [6.45, 7) is 3.54. The highest BCUT2D eigenvalue weighted by molar-refractivity contribution is 5.86. The summed E-state index contributed by atoms with van der Waals surface area (Å²) in [6, 6.07) is 14.8. The average Bonchev–Trinajstić information content (AvgIpc) is 2.91. The number of nitrogens with zero attached hydrogens (tertiary/aromatic N) is 1. The number of hydrogen-bond donors (Lipinski definition) is 0. The summed E-state index contributed by atoms with van der Waals surface area (Å²) in [5.74, 6) is 0.721. The van der Waals surface area contributed by atoms with Gasteiger partial charge in [0, 0.05) is 18.1 Å². The Kier molecular flexibility index (Phi) is 3.91. The molecule has 0 N–H and O–H groups in total. The summed E-state index contributed by atoms with van der Waals surface area (Å²) < 4.78 is 20.9. The van der Waals surface area contributed by atoms with Gasteiger partial charge in [-0.1, -0.05) is 25.1 Å². The zero-order valence-corrected chi connectivity index (χ0v) is 12.1. The van der Waals surface area contributed by atoms with Crippen molar-refractivity contribution in [3.8, 4) is 5.75 Å². The molecule has 0 atom stereocenters. The molecule has 0 fully saturated rings. The summed E-state index contributed by atoms with van der Waals surface area (Å²) in [6.07, 6.45) is 3.04. The third kappa shape index (κ3) is 2.92. The lowest BCUT2D eigenvalue weighted by atomic mass is 10.2. The first-order chi connectivity index (χ1) is 10.3. The molecule has 2 aromatic carbocycles. The fourth-order valence-corrected chi connectivity index (χ4v) is 2.46. The van der Waals surface area contributed by atoms with Crippen LogP contribution >= 0.6 is 0 Å². The number of ether oxygens (including phenoxy) is 1. The molecule has 0 bridgehead atoms. The van der Waals surface area contributed by atoms with E-state index in [1.54, 1.807) is 0 Å². The van der Waals surface area contributed by atoms with E-state index in [0.717, 1.165) is 41.8 Å². The molecule has 0 saturated carbocycles. The Labute approximate surface area is 123 Å². The summed E-state index contributed by atoms with van der Waals surface area (Å²) in [4.78, 5) is 0. The van der Waals surface area contributed by atoms with Gasteiger partial charge in [0.25, 0.3) is 0 Å². The molecular weight excluding hydrogens is 265 g/mol. The smallest absolute Gasteiger partial charge is 0.128 e. The van der Waals surface area contributed by atoms with Crippen LogP contribution in [0.5, 0.6) is 5.75 Å². The largest absolute Gasteiger partial charge is 0.493 e. The number of aromatic nitrogens is 1. The van der Waals surface area contributed by atoms with Gasteiger partial charge in [0.05, 0.1) is 12.1 Å². The van der Waals surface area contributed by atoms with Crippen LogP contribution in [0.25, 0.3) is 10.9 Å². The van der Waals surface area contributed by atoms with Gasteiger partial charge >= 0.3 is 0 Å². The van der Waals surface area contributed by atoms with Gasteiger partial charge in [0.15, 0.2) is 0 Å². The van der Waals surface area contributed by atoms with Gasteiger partial charge in [-0.25, -0.2) is 4.39 Å². The van der Waals surface area contributed by atoms with Gasteiger partial charge in [0.1, 0.15) is 11.6 Å². The van der Waals surface area contributed by atoms with Crippen molar-refractivity contribution in [1.82, 2.24) is 4.57 Å². The first kappa shape index (κ1) is 13.7. The van der Waals surface area contributed by atoms with Crippen molar-refractivity contribution in [2.45, 2.75) is 19.9 Å². The zero-order valence-electron chi connectivity index (χ0n) is 12.1. The summed E-state index contributed by atoms with van der Waals surface area (Å²) in [5, 5.41) is 1.12. The normalized spacial score (nSPS) is 11.0. The summed E-state index contributed by atoms with van der Waals surface area (Å²) in [7, 11) is 0. The van der Waals surface area contributed by atoms with E-state index in [1.807, 2.05) is 30.5 Å². The Morgan fingerprint density at radius 1 is 1.05 bits per heavy atom. The van der Waals surface area contributed by atoms with Crippen molar-refractivity contribution in [1.29, 1.82) is 0 Å². The molecule has 108 valence electrons. The van der Waals surface area contributed by atoms with E-state index in [4.69, 9.17) is 4.74 Å². The lowest BCUT2D eigenvalue weighted by molar-refractivity contribution is 0.321. The van der Waals surface area contributed by atoms with Crippen LogP contribution in [0.3, 0.4) is 0 Å². The van der Waals surface area contributed by atoms with Gasteiger partial charge in [-0.05, 0) is 42.3 Å². The molecule has 0 amide bonds. The lowest BCUT2D eigenvalue weighted by Gasteiger charge is -2.08. The van der Waals surface area contributed by atoms with Gasteiger partial charge in [-0.15, -0.1) is 0 Å². The van der Waals surface area contributed by atoms with Crippen molar-refractivity contribution >= 4 is 10.9 Å². The van der Waals surface area contributed by atoms with Gasteiger partial charge in [-0.3, -0.25) is 0 Å². The number of fused-ring (bicyclic) bond motifs is 1. The van der Waals surface area contributed by atoms with Crippen LogP contribution in [-0.2, 0) is 6.54 Å². The minimum absolute atomic E-state index is 0.202. The molecule has 3 heteroatoms. The van der Waals surface area contributed by atoms with E-state index in [1.165, 1.54) is 12.1 Å². The molecule has 0 spiro atoms. The summed E-state index contributed by atoms with van der Waals surface area (Å²) >= 11 is 0. The predicted octanol–water partition coefficient (Wildman–Crippen LogP) is 4.62. The van der Waals surface area contributed by atoms with Crippen LogP contribution in [0.15, 0.2) is 54.7 Å². The maximum absolute atomic E-state index is 13.0. The predicted molar refractivity (Wildman–Crippen MR) is 83.2 cm³/mol. The van der Waals surface area contributed by atoms with Crippen LogP contribution in [0.4, 0.5) is 4.39 Å². The third-order valence-corrected chi connectivity index (χ3v) is 3.50. The number of hydrogen-bond acceptors (Lipinski definition) is 1. The topological polar surface area (TPSA) is 14.2 Å². The average molecular weight is 283 g/mol. The molecule has 0 aliphatic carbocycles. The molecule has 0 aliphatic heterocycles. The van der Waals surface area contributed by atoms with Crippen molar-refractivity contribution in [2.75, 3.05) is 6.61 Å². The van der Waals surface area contributed by atoms with Crippen molar-refractivity contribution in [3.63, 3.8) is 0 Å². The number of rotatable bonds is 5. The standard InChI is InChI=1S/C18H18FNO/c1-2-12-21-18-5-3-4-17-16(18)10-11-20(17)13-14-6-8-15(19)9-7-14/h3-11H,2,12-13H2,1H3. The lowest BCUT2D eigenvalue weighted by Crippen LogP contribution is -1.98. The SMILES string of the molecule is CCCOc1cccc2c1ccn2Cc1ccc(F)cc1. The van der Waals surface area contributed by atoms with Crippen LogP contribution in [0.2, 0.25) is 0 Å². The van der Waals surface area contributed by atoms with Crippen molar-refractivity contribution in [2.24, 2.45) is 0 Å². The Bertz CT molecular complexity index is 731. The van der Waals surface area contributed by atoms with E-state index in [9.17, 15) is 4.39 Å². The van der Waals surface area contributed by atoms with E-state index >= 15 is 0 Å². The minimum Gasteiger partial charge on any atom is -0.493 e. The van der Waals surface area contributed by atoms with Crippen LogP contribution in [-0.4, -0.2) is 11.2 Å². The Morgan fingerprint density at radius 3 is 2.62 bits per heavy atom. The highest BCUT2D eigenvalue weighted by Gasteiger charge is 2.07. The van der Waals surface area contributed by atoms with Crippen molar-refractivity contribution < 1.29 is 9.13 Å². The first-order valence-electron chi connectivity index (χ1n) is 7.23. The molecule has 0 saturated heterocycles. The van der Waals surface area contributed by atoms with E-state index < -0.39 is 0 Å². The maximum atomic E-state index is 13.0. The number of halogens is 1. The molecular formula is C18H18FNO. The highest BCUT2D eigenvalue weighted by atomic mass is 19.1. The van der Waals surface area contributed by atoms with E-state index in [0.29, 0.717) is 0 Å². The molecule has 3 aromatic rings. The van der Waals surface area contributed by atoms with Gasteiger partial charge in [0.2, 0.25) is 0 Å². The molecule has 0 radical (unpaired) electrons. The van der Waals surface area contributed by atoms with Crippen LogP contribution in [0.1, 0.15) is 18.9 Å². The molecule has 3 rings (SSSR count). The highest BCUT2D eigenvalue weighted by Crippen LogP contribution is 2.27. The second kappa shape index (κ2) is 6.00. The summed E-state index contributed by atoms with van der Waals surface area (Å²) in [5.41, 5.74) is 2.21. The van der Waals surface area contributed by atoms with Crippen molar-refractivity contribution in [3.05, 3.63) is 66.1 Å². The molecule has 0 aliphatic rings. The molecule has 1 heterocycles. The third-order valence-electron chi connectivity index (χ3n) is 3.50. The van der Waals surface area contributed by atoms with E-state index in [-0.39, 0.29) is 5.82 Å². The number of benzene rings is 2. The fraction of sp³-hybridized carbons (Fsp3) is 0.222. The van der Waals surface area contributed by atoms with E-state index in [2.05, 4.69) is 23.6 Å². The maximum Gasteiger partial charge on any atom is 0.128 e. The zero-order chi connectivity index (χ0) is 14.7. The second-order valence-corrected chi connectivity index (χ2v) is 5.11. The molecule has 21 heavy (non-hydrogen) atoms. The first-order valence-corrected chi connectivity index (χ1v) is 7.23. The fourth-order valence-electron chi connectivity index (χ4n) is 2.46. The quantitative estimate of drug-likeness (QED) is 0.666. The molecule has 2 nitrogen and oxygen atoms in total. The Hall–Kier alpha value is -2.29. The van der Waals surface area contributed by atoms with Gasteiger partial charge < -0.3 is 9.30 Å².